The van der Waals surface area contributed by atoms with Crippen LogP contribution < -0.4 is 11.1 Å². The molecule has 2 heterocycles. The Morgan fingerprint density at radius 2 is 2.06 bits per heavy atom. The Kier molecular flexibility index (Phi) is 3.08. The van der Waals surface area contributed by atoms with Crippen molar-refractivity contribution in [3.8, 4) is 0 Å². The van der Waals surface area contributed by atoms with Gasteiger partial charge in [0.2, 0.25) is 0 Å². The first-order valence-electron chi connectivity index (χ1n) is 4.98. The average molecular weight is 263 g/mol. The summed E-state index contributed by atoms with van der Waals surface area (Å²) in [6.07, 6.45) is -5.80. The third-order valence-corrected chi connectivity index (χ3v) is 3.07. The van der Waals surface area contributed by atoms with Crippen molar-refractivity contribution in [2.75, 3.05) is 6.61 Å². The molecule has 0 aliphatic carbocycles. The molecule has 6 N–H and O–H groups in total. The Balaban J connectivity index is 2.28. The maximum Gasteiger partial charge on any atom is 0.412 e. The van der Waals surface area contributed by atoms with Crippen LogP contribution in [0.15, 0.2) is 0 Å². The number of carbonyl (C=O) groups is 1. The highest BCUT2D eigenvalue weighted by Crippen LogP contribution is 2.28. The molecule has 0 bridgehead atoms. The molecule has 8 nitrogen and oxygen atoms in total. The summed E-state index contributed by atoms with van der Waals surface area (Å²) in [5.41, 5.74) is 5.28. The summed E-state index contributed by atoms with van der Waals surface area (Å²) in [6, 6.07) is -0.729. The van der Waals surface area contributed by atoms with Gasteiger partial charge >= 0.3 is 6.09 Å². The molecule has 2 fully saturated rings. The Morgan fingerprint density at radius 3 is 2.65 bits per heavy atom. The van der Waals surface area contributed by atoms with Gasteiger partial charge in [-0.3, -0.25) is 4.90 Å². The lowest BCUT2D eigenvalue weighted by molar-refractivity contribution is -0.144. The maximum atomic E-state index is 11.5. The molecule has 0 spiro atoms. The van der Waals surface area contributed by atoms with E-state index < -0.39 is 36.6 Å². The van der Waals surface area contributed by atoms with E-state index in [9.17, 15) is 20.1 Å². The SMILES string of the molecule is NC(=S)N[C@@H]1[C@@H](O)[C@H](O)[C@H](O)[C@H]2COC(=O)N21. The first kappa shape index (κ1) is 12.3. The molecule has 0 unspecified atom stereocenters. The molecular formula is C8H13N3O5S. The van der Waals surface area contributed by atoms with E-state index in [1.54, 1.807) is 0 Å². The first-order chi connectivity index (χ1) is 7.93. The van der Waals surface area contributed by atoms with E-state index in [2.05, 4.69) is 17.5 Å². The molecule has 17 heavy (non-hydrogen) atoms. The molecule has 2 saturated heterocycles. The van der Waals surface area contributed by atoms with Crippen LogP contribution in [0.3, 0.4) is 0 Å². The summed E-state index contributed by atoms with van der Waals surface area (Å²) in [5.74, 6) is 0. The fourth-order valence-corrected chi connectivity index (χ4v) is 2.23. The first-order valence-corrected chi connectivity index (χ1v) is 5.39. The molecule has 2 aliphatic rings. The van der Waals surface area contributed by atoms with E-state index in [1.807, 2.05) is 0 Å². The fraction of sp³-hybridized carbons (Fsp3) is 0.750. The highest BCUT2D eigenvalue weighted by Gasteiger charge is 2.53. The monoisotopic (exact) mass is 263 g/mol. The average Bonchev–Trinajstić information content (AvgIpc) is 2.63. The topological polar surface area (TPSA) is 128 Å². The molecule has 1 amide bonds. The Labute approximate surface area is 102 Å². The Morgan fingerprint density at radius 1 is 1.41 bits per heavy atom. The summed E-state index contributed by atoms with van der Waals surface area (Å²) < 4.78 is 4.76. The number of ether oxygens (including phenoxy) is 1. The van der Waals surface area contributed by atoms with E-state index in [4.69, 9.17) is 10.5 Å². The fourth-order valence-electron chi connectivity index (χ4n) is 2.11. The highest BCUT2D eigenvalue weighted by atomic mass is 32.1. The number of carbonyl (C=O) groups excluding carboxylic acids is 1. The van der Waals surface area contributed by atoms with Gasteiger partial charge in [0.25, 0.3) is 0 Å². The molecule has 9 heteroatoms. The van der Waals surface area contributed by atoms with Crippen LogP contribution in [-0.4, -0.2) is 68.6 Å². The molecule has 2 aliphatic heterocycles. The number of hydrogen-bond acceptors (Lipinski definition) is 6. The van der Waals surface area contributed by atoms with E-state index in [1.165, 1.54) is 0 Å². The van der Waals surface area contributed by atoms with E-state index >= 15 is 0 Å². The van der Waals surface area contributed by atoms with Crippen LogP contribution in [0.25, 0.3) is 0 Å². The second-order valence-corrected chi connectivity index (χ2v) is 4.42. The predicted molar refractivity (Wildman–Crippen MR) is 58.7 cm³/mol. The quantitative estimate of drug-likeness (QED) is 0.318. The molecule has 2 rings (SSSR count). The van der Waals surface area contributed by atoms with Crippen molar-refractivity contribution in [2.24, 2.45) is 5.73 Å². The van der Waals surface area contributed by atoms with Gasteiger partial charge in [0, 0.05) is 0 Å². The minimum absolute atomic E-state index is 0.0563. The van der Waals surface area contributed by atoms with Crippen LogP contribution in [-0.2, 0) is 4.74 Å². The number of nitrogens with one attached hydrogen (secondary N) is 1. The van der Waals surface area contributed by atoms with Gasteiger partial charge in [0.15, 0.2) is 5.11 Å². The van der Waals surface area contributed by atoms with E-state index in [0.717, 1.165) is 4.90 Å². The molecule has 0 radical (unpaired) electrons. The number of nitrogens with zero attached hydrogens (tertiary/aromatic N) is 1. The standard InChI is InChI=1S/C8H13N3O5S/c9-7(17)10-6-5(14)4(13)3(12)2-1-16-8(15)11(2)6/h2-6,12-14H,1H2,(H3,9,10,17)/t2-,3-,4-,5+,6+/m1/s1. The summed E-state index contributed by atoms with van der Waals surface area (Å²) in [7, 11) is 0. The Hall–Kier alpha value is -1.16. The largest absolute Gasteiger partial charge is 0.447 e. The summed E-state index contributed by atoms with van der Waals surface area (Å²) in [4.78, 5) is 12.6. The zero-order valence-corrected chi connectivity index (χ0v) is 9.50. The predicted octanol–water partition coefficient (Wildman–Crippen LogP) is -2.94. The van der Waals surface area contributed by atoms with E-state index in [-0.39, 0.29) is 11.7 Å². The van der Waals surface area contributed by atoms with Crippen LogP contribution in [0.4, 0.5) is 4.79 Å². The Bertz CT molecular complexity index is 354. The second-order valence-electron chi connectivity index (χ2n) is 3.98. The zero-order chi connectivity index (χ0) is 12.7. The number of rotatable bonds is 1. The number of fused-ring (bicyclic) bond motifs is 1. The van der Waals surface area contributed by atoms with Crippen LogP contribution in [0, 0.1) is 0 Å². The highest BCUT2D eigenvalue weighted by molar-refractivity contribution is 7.80. The van der Waals surface area contributed by atoms with Gasteiger partial charge in [0.1, 0.15) is 31.1 Å². The molecule has 0 aromatic heterocycles. The number of cyclic esters (lactones) is 1. The van der Waals surface area contributed by atoms with Crippen LogP contribution in [0.1, 0.15) is 0 Å². The zero-order valence-electron chi connectivity index (χ0n) is 8.68. The van der Waals surface area contributed by atoms with Gasteiger partial charge in [-0.05, 0) is 12.2 Å². The normalized spacial score (nSPS) is 40.8. The lowest BCUT2D eigenvalue weighted by atomic mass is 9.93. The van der Waals surface area contributed by atoms with Crippen molar-refractivity contribution in [1.82, 2.24) is 10.2 Å². The summed E-state index contributed by atoms with van der Waals surface area (Å²) in [5, 5.41) is 31.5. The third-order valence-electron chi connectivity index (χ3n) is 2.95. The van der Waals surface area contributed by atoms with E-state index in [0.29, 0.717) is 0 Å². The summed E-state index contributed by atoms with van der Waals surface area (Å²) >= 11 is 4.63. The molecule has 5 atom stereocenters. The van der Waals surface area contributed by atoms with Crippen molar-refractivity contribution in [2.45, 2.75) is 30.5 Å². The minimum atomic E-state index is -1.41. The molecule has 0 aromatic rings. The minimum Gasteiger partial charge on any atom is -0.447 e. The smallest absolute Gasteiger partial charge is 0.412 e. The number of hydrogen-bond donors (Lipinski definition) is 5. The number of thiocarbonyl (C=S) groups is 1. The lowest BCUT2D eigenvalue weighted by Crippen LogP contribution is -2.70. The third kappa shape index (κ3) is 1.90. The van der Waals surface area contributed by atoms with Crippen molar-refractivity contribution in [3.05, 3.63) is 0 Å². The van der Waals surface area contributed by atoms with Crippen molar-refractivity contribution < 1.29 is 24.9 Å². The van der Waals surface area contributed by atoms with Gasteiger partial charge in [0.05, 0.1) is 6.04 Å². The van der Waals surface area contributed by atoms with Crippen molar-refractivity contribution in [3.63, 3.8) is 0 Å². The molecule has 96 valence electrons. The van der Waals surface area contributed by atoms with Gasteiger partial charge in [-0.2, -0.15) is 0 Å². The molecule has 0 saturated carbocycles. The van der Waals surface area contributed by atoms with Crippen molar-refractivity contribution >= 4 is 23.4 Å². The van der Waals surface area contributed by atoms with Crippen LogP contribution in [0.2, 0.25) is 0 Å². The van der Waals surface area contributed by atoms with Gasteiger partial charge in [-0.25, -0.2) is 4.79 Å². The number of aliphatic hydroxyl groups is 3. The maximum absolute atomic E-state index is 11.5. The molecule has 0 aromatic carbocycles. The lowest BCUT2D eigenvalue weighted by Gasteiger charge is -2.44. The number of nitrogens with two attached hydrogens (primary N) is 1. The van der Waals surface area contributed by atoms with Crippen molar-refractivity contribution in [1.29, 1.82) is 0 Å². The van der Waals surface area contributed by atoms with Gasteiger partial charge in [-0.15, -0.1) is 0 Å². The second kappa shape index (κ2) is 4.26. The van der Waals surface area contributed by atoms with Crippen LogP contribution in [0.5, 0.6) is 0 Å². The summed E-state index contributed by atoms with van der Waals surface area (Å²) in [6.45, 7) is -0.0563. The van der Waals surface area contributed by atoms with Crippen LogP contribution >= 0.6 is 12.2 Å². The number of aliphatic hydroxyl groups excluding tert-OH is 3. The number of amides is 1. The van der Waals surface area contributed by atoms with Gasteiger partial charge < -0.3 is 31.1 Å². The van der Waals surface area contributed by atoms with Gasteiger partial charge in [-0.1, -0.05) is 0 Å². The number of piperidine rings is 1. The molecular weight excluding hydrogens is 250 g/mol.